The van der Waals surface area contributed by atoms with Crippen molar-refractivity contribution in [1.29, 1.82) is 5.26 Å². The van der Waals surface area contributed by atoms with Crippen molar-refractivity contribution in [3.63, 3.8) is 0 Å². The fraction of sp³-hybridized carbons (Fsp3) is 0.188. The summed E-state index contributed by atoms with van der Waals surface area (Å²) >= 11 is 1.33. The molecule has 23 heavy (non-hydrogen) atoms. The van der Waals surface area contributed by atoms with Crippen LogP contribution >= 0.6 is 11.3 Å². The van der Waals surface area contributed by atoms with Gasteiger partial charge in [0.1, 0.15) is 23.2 Å². The number of rotatable bonds is 5. The average molecular weight is 327 g/mol. The number of aliphatic hydroxyl groups is 1. The number of aromatic nitrogens is 2. The molecule has 2 aromatic heterocycles. The van der Waals surface area contributed by atoms with Crippen molar-refractivity contribution in [3.05, 3.63) is 58.0 Å². The molecule has 1 atom stereocenters. The average Bonchev–Trinajstić information content (AvgIpc) is 3.05. The zero-order valence-electron chi connectivity index (χ0n) is 12.0. The maximum atomic E-state index is 12.2. The molecule has 0 bridgehead atoms. The van der Waals surface area contributed by atoms with E-state index in [1.165, 1.54) is 22.2 Å². The Kier molecular flexibility index (Phi) is 4.37. The third-order valence-corrected chi connectivity index (χ3v) is 4.16. The highest BCUT2D eigenvalue weighted by Crippen LogP contribution is 2.14. The first-order valence-electron chi connectivity index (χ1n) is 6.91. The second-order valence-electron chi connectivity index (χ2n) is 4.94. The molecule has 0 aliphatic rings. The van der Waals surface area contributed by atoms with Gasteiger partial charge in [0.05, 0.1) is 30.0 Å². The Morgan fingerprint density at radius 1 is 1.35 bits per heavy atom. The lowest BCUT2D eigenvalue weighted by atomic mass is 10.2. The van der Waals surface area contributed by atoms with Crippen LogP contribution in [0.25, 0.3) is 10.2 Å². The van der Waals surface area contributed by atoms with E-state index in [2.05, 4.69) is 4.98 Å². The van der Waals surface area contributed by atoms with Gasteiger partial charge in [0, 0.05) is 0 Å². The molecule has 3 rings (SSSR count). The van der Waals surface area contributed by atoms with E-state index in [1.807, 2.05) is 11.4 Å². The molecule has 7 heteroatoms. The molecule has 6 nitrogen and oxygen atoms in total. The zero-order chi connectivity index (χ0) is 16.2. The van der Waals surface area contributed by atoms with Crippen LogP contribution in [-0.2, 0) is 6.54 Å². The Hall–Kier alpha value is -2.69. The Balaban J connectivity index is 1.64. The second-order valence-corrected chi connectivity index (χ2v) is 5.85. The van der Waals surface area contributed by atoms with Gasteiger partial charge in [-0.15, -0.1) is 11.3 Å². The molecule has 0 fully saturated rings. The maximum absolute atomic E-state index is 12.2. The highest BCUT2D eigenvalue weighted by molar-refractivity contribution is 7.17. The summed E-state index contributed by atoms with van der Waals surface area (Å²) in [4.78, 5) is 16.4. The number of benzene rings is 1. The van der Waals surface area contributed by atoms with Crippen LogP contribution in [0.1, 0.15) is 5.56 Å². The van der Waals surface area contributed by atoms with Gasteiger partial charge in [-0.3, -0.25) is 9.36 Å². The smallest absolute Gasteiger partial charge is 0.271 e. The Morgan fingerprint density at radius 2 is 2.13 bits per heavy atom. The van der Waals surface area contributed by atoms with E-state index in [0.717, 1.165) is 0 Å². The van der Waals surface area contributed by atoms with E-state index in [1.54, 1.807) is 30.3 Å². The SMILES string of the molecule is N#Cc1ccc(OC[C@@H](O)Cn2cnc3ccsc3c2=O)cc1. The number of nitriles is 1. The number of aliphatic hydroxyl groups excluding tert-OH is 1. The monoisotopic (exact) mass is 327 g/mol. The standard InChI is InChI=1S/C16H13N3O3S/c17-7-11-1-3-13(4-2-11)22-9-12(20)8-19-10-18-14-5-6-23-15(14)16(19)21/h1-6,10,12,20H,8-9H2/t12-/m0/s1. The summed E-state index contributed by atoms with van der Waals surface area (Å²) in [5.41, 5.74) is 1.04. The van der Waals surface area contributed by atoms with Crippen LogP contribution in [0.4, 0.5) is 0 Å². The third kappa shape index (κ3) is 3.39. The van der Waals surface area contributed by atoms with Crippen LogP contribution in [-0.4, -0.2) is 27.4 Å². The number of hydrogen-bond acceptors (Lipinski definition) is 6. The van der Waals surface area contributed by atoms with E-state index in [-0.39, 0.29) is 18.7 Å². The van der Waals surface area contributed by atoms with Gasteiger partial charge in [0.25, 0.3) is 5.56 Å². The molecule has 0 radical (unpaired) electrons. The second kappa shape index (κ2) is 6.60. The minimum Gasteiger partial charge on any atom is -0.491 e. The molecule has 1 aromatic carbocycles. The molecular weight excluding hydrogens is 314 g/mol. The molecule has 0 unspecified atom stereocenters. The minimum atomic E-state index is -0.845. The molecule has 0 spiro atoms. The summed E-state index contributed by atoms with van der Waals surface area (Å²) in [5.74, 6) is 0.558. The Bertz CT molecular complexity index is 909. The van der Waals surface area contributed by atoms with Gasteiger partial charge in [-0.2, -0.15) is 5.26 Å². The molecule has 3 aromatic rings. The first-order valence-corrected chi connectivity index (χ1v) is 7.79. The largest absolute Gasteiger partial charge is 0.491 e. The van der Waals surface area contributed by atoms with Crippen molar-refractivity contribution in [1.82, 2.24) is 9.55 Å². The molecule has 0 saturated carbocycles. The topological polar surface area (TPSA) is 88.1 Å². The molecule has 0 aliphatic carbocycles. The van der Waals surface area contributed by atoms with Gasteiger partial charge in [-0.1, -0.05) is 0 Å². The molecule has 0 aliphatic heterocycles. The quantitative estimate of drug-likeness (QED) is 0.771. The van der Waals surface area contributed by atoms with Crippen LogP contribution in [0.15, 0.2) is 46.8 Å². The van der Waals surface area contributed by atoms with Crippen LogP contribution in [0.2, 0.25) is 0 Å². The van der Waals surface area contributed by atoms with Crippen molar-refractivity contribution in [2.45, 2.75) is 12.6 Å². The first kappa shape index (κ1) is 15.2. The van der Waals surface area contributed by atoms with Gasteiger partial charge >= 0.3 is 0 Å². The highest BCUT2D eigenvalue weighted by atomic mass is 32.1. The van der Waals surface area contributed by atoms with Crippen molar-refractivity contribution >= 4 is 21.6 Å². The van der Waals surface area contributed by atoms with Gasteiger partial charge in [-0.05, 0) is 35.7 Å². The first-order chi connectivity index (χ1) is 11.2. The predicted molar refractivity (Wildman–Crippen MR) is 86.5 cm³/mol. The van der Waals surface area contributed by atoms with Gasteiger partial charge < -0.3 is 9.84 Å². The summed E-state index contributed by atoms with van der Waals surface area (Å²) in [6, 6.07) is 10.4. The van der Waals surface area contributed by atoms with E-state index < -0.39 is 6.10 Å². The number of fused-ring (bicyclic) bond motifs is 1. The highest BCUT2D eigenvalue weighted by Gasteiger charge is 2.11. The lowest BCUT2D eigenvalue weighted by Crippen LogP contribution is -2.30. The zero-order valence-corrected chi connectivity index (χ0v) is 12.9. The molecule has 1 N–H and O–H groups in total. The van der Waals surface area contributed by atoms with E-state index in [0.29, 0.717) is 21.5 Å². The molecular formula is C16H13N3O3S. The molecule has 0 amide bonds. The minimum absolute atomic E-state index is 0.0425. The van der Waals surface area contributed by atoms with Crippen molar-refractivity contribution in [2.24, 2.45) is 0 Å². The van der Waals surface area contributed by atoms with Gasteiger partial charge in [-0.25, -0.2) is 4.98 Å². The molecule has 0 saturated heterocycles. The van der Waals surface area contributed by atoms with E-state index >= 15 is 0 Å². The maximum Gasteiger partial charge on any atom is 0.271 e. The fourth-order valence-corrected chi connectivity index (χ4v) is 2.90. The number of nitrogens with zero attached hydrogens (tertiary/aromatic N) is 3. The van der Waals surface area contributed by atoms with Gasteiger partial charge in [0.2, 0.25) is 0 Å². The molecule has 2 heterocycles. The van der Waals surface area contributed by atoms with E-state index in [9.17, 15) is 9.90 Å². The lowest BCUT2D eigenvalue weighted by molar-refractivity contribution is 0.0915. The van der Waals surface area contributed by atoms with Crippen molar-refractivity contribution < 1.29 is 9.84 Å². The van der Waals surface area contributed by atoms with Crippen LogP contribution in [0.5, 0.6) is 5.75 Å². The fourth-order valence-electron chi connectivity index (χ4n) is 2.11. The Morgan fingerprint density at radius 3 is 2.87 bits per heavy atom. The third-order valence-electron chi connectivity index (χ3n) is 3.27. The normalized spacial score (nSPS) is 12.0. The van der Waals surface area contributed by atoms with Crippen molar-refractivity contribution in [2.75, 3.05) is 6.61 Å². The lowest BCUT2D eigenvalue weighted by Gasteiger charge is -2.13. The van der Waals surface area contributed by atoms with E-state index in [4.69, 9.17) is 10.00 Å². The van der Waals surface area contributed by atoms with Crippen LogP contribution < -0.4 is 10.3 Å². The summed E-state index contributed by atoms with van der Waals surface area (Å²) in [6.07, 6.45) is 0.588. The van der Waals surface area contributed by atoms with Crippen LogP contribution in [0, 0.1) is 11.3 Å². The van der Waals surface area contributed by atoms with Gasteiger partial charge in [0.15, 0.2) is 0 Å². The summed E-state index contributed by atoms with van der Waals surface area (Å²) in [6.45, 7) is 0.150. The molecule has 116 valence electrons. The summed E-state index contributed by atoms with van der Waals surface area (Å²) in [5, 5.41) is 20.6. The number of hydrogen-bond donors (Lipinski definition) is 1. The Labute approximate surface area is 135 Å². The predicted octanol–water partition coefficient (Wildman–Crippen LogP) is 1.77. The van der Waals surface area contributed by atoms with Crippen LogP contribution in [0.3, 0.4) is 0 Å². The summed E-state index contributed by atoms with van der Waals surface area (Å²) < 4.78 is 7.42. The van der Waals surface area contributed by atoms with Crippen molar-refractivity contribution in [3.8, 4) is 11.8 Å². The summed E-state index contributed by atoms with van der Waals surface area (Å²) in [7, 11) is 0. The number of ether oxygens (including phenoxy) is 1. The number of thiophene rings is 1.